The zero-order valence-electron chi connectivity index (χ0n) is 7.52. The van der Waals surface area contributed by atoms with Gasteiger partial charge in [0, 0.05) is 18.5 Å². The summed E-state index contributed by atoms with van der Waals surface area (Å²) in [6.45, 7) is 3.02. The molecule has 1 saturated heterocycles. The van der Waals surface area contributed by atoms with Crippen LogP contribution in [-0.4, -0.2) is 31.2 Å². The van der Waals surface area contributed by atoms with Crippen LogP contribution in [0.4, 0.5) is 4.39 Å². The third-order valence-electron chi connectivity index (χ3n) is 2.62. The molecule has 66 valence electrons. The highest BCUT2D eigenvalue weighted by atomic mass is 19.1. The van der Waals surface area contributed by atoms with Gasteiger partial charge in [0.1, 0.15) is 0 Å². The van der Waals surface area contributed by atoms with Crippen molar-refractivity contribution in [3.63, 3.8) is 0 Å². The van der Waals surface area contributed by atoms with Crippen LogP contribution < -0.4 is 0 Å². The van der Waals surface area contributed by atoms with E-state index in [1.807, 2.05) is 0 Å². The van der Waals surface area contributed by atoms with Gasteiger partial charge in [-0.3, -0.25) is 4.39 Å². The molecule has 0 aromatic rings. The third-order valence-corrected chi connectivity index (χ3v) is 2.62. The molecule has 2 atom stereocenters. The average molecular weight is 159 g/mol. The average Bonchev–Trinajstić information content (AvgIpc) is 2.33. The molecule has 1 fully saturated rings. The molecule has 2 unspecified atom stereocenters. The van der Waals surface area contributed by atoms with E-state index in [0.29, 0.717) is 12.0 Å². The van der Waals surface area contributed by atoms with Crippen molar-refractivity contribution in [2.45, 2.75) is 32.2 Å². The van der Waals surface area contributed by atoms with Crippen molar-refractivity contribution in [1.29, 1.82) is 0 Å². The van der Waals surface area contributed by atoms with Crippen LogP contribution in [0.15, 0.2) is 0 Å². The Morgan fingerprint density at radius 2 is 2.27 bits per heavy atom. The molecule has 1 aliphatic heterocycles. The van der Waals surface area contributed by atoms with Gasteiger partial charge in [0.25, 0.3) is 0 Å². The van der Waals surface area contributed by atoms with Gasteiger partial charge in [-0.05, 0) is 19.9 Å². The fourth-order valence-corrected chi connectivity index (χ4v) is 1.98. The Balaban J connectivity index is 2.32. The number of halogens is 1. The van der Waals surface area contributed by atoms with Crippen LogP contribution >= 0.6 is 0 Å². The number of hydrogen-bond donors (Lipinski definition) is 0. The van der Waals surface area contributed by atoms with Crippen LogP contribution in [0, 0.1) is 5.92 Å². The van der Waals surface area contributed by atoms with E-state index >= 15 is 0 Å². The van der Waals surface area contributed by atoms with Gasteiger partial charge in [0.2, 0.25) is 0 Å². The zero-order valence-corrected chi connectivity index (χ0v) is 7.52. The van der Waals surface area contributed by atoms with Crippen molar-refractivity contribution in [1.82, 2.24) is 4.90 Å². The SMILES string of the molecule is CCCC1CC(CF)CN1C. The molecule has 0 bridgehead atoms. The highest BCUT2D eigenvalue weighted by Gasteiger charge is 2.28. The number of alkyl halides is 1. The van der Waals surface area contributed by atoms with Crippen molar-refractivity contribution < 1.29 is 4.39 Å². The molecule has 0 radical (unpaired) electrons. The van der Waals surface area contributed by atoms with Gasteiger partial charge in [-0.1, -0.05) is 13.3 Å². The standard InChI is InChI=1S/C9H18FN/c1-3-4-9-5-8(6-10)7-11(9)2/h8-9H,3-7H2,1-2H3. The first kappa shape index (κ1) is 8.98. The van der Waals surface area contributed by atoms with Crippen LogP contribution in [0.3, 0.4) is 0 Å². The van der Waals surface area contributed by atoms with Crippen LogP contribution in [0.2, 0.25) is 0 Å². The molecule has 0 N–H and O–H groups in total. The van der Waals surface area contributed by atoms with Gasteiger partial charge in [0.05, 0.1) is 6.67 Å². The Labute approximate surface area is 68.6 Å². The van der Waals surface area contributed by atoms with E-state index in [-0.39, 0.29) is 6.67 Å². The largest absolute Gasteiger partial charge is 0.303 e. The van der Waals surface area contributed by atoms with E-state index in [4.69, 9.17) is 0 Å². The van der Waals surface area contributed by atoms with Crippen LogP contribution in [0.5, 0.6) is 0 Å². The first-order chi connectivity index (χ1) is 5.27. The normalized spacial score (nSPS) is 33.0. The minimum absolute atomic E-state index is 0.134. The van der Waals surface area contributed by atoms with E-state index in [9.17, 15) is 4.39 Å². The van der Waals surface area contributed by atoms with Crippen molar-refractivity contribution in [2.75, 3.05) is 20.3 Å². The molecule has 0 aromatic carbocycles. The lowest BCUT2D eigenvalue weighted by Gasteiger charge is -2.17. The lowest BCUT2D eigenvalue weighted by molar-refractivity contribution is 0.288. The molecule has 0 amide bonds. The zero-order chi connectivity index (χ0) is 8.27. The maximum absolute atomic E-state index is 12.3. The van der Waals surface area contributed by atoms with E-state index in [0.717, 1.165) is 13.0 Å². The maximum atomic E-state index is 12.3. The second kappa shape index (κ2) is 4.05. The first-order valence-corrected chi connectivity index (χ1v) is 4.54. The van der Waals surface area contributed by atoms with Gasteiger partial charge < -0.3 is 4.90 Å². The summed E-state index contributed by atoms with van der Waals surface area (Å²) >= 11 is 0. The van der Waals surface area contributed by atoms with Crippen molar-refractivity contribution in [2.24, 2.45) is 5.92 Å². The third kappa shape index (κ3) is 2.16. The molecule has 11 heavy (non-hydrogen) atoms. The predicted molar refractivity (Wildman–Crippen MR) is 45.4 cm³/mol. The Hall–Kier alpha value is -0.110. The van der Waals surface area contributed by atoms with E-state index in [1.54, 1.807) is 0 Å². The smallest absolute Gasteiger partial charge is 0.0935 e. The van der Waals surface area contributed by atoms with Gasteiger partial charge in [-0.2, -0.15) is 0 Å². The minimum Gasteiger partial charge on any atom is -0.303 e. The number of hydrogen-bond acceptors (Lipinski definition) is 1. The van der Waals surface area contributed by atoms with Gasteiger partial charge in [-0.15, -0.1) is 0 Å². The number of nitrogens with zero attached hydrogens (tertiary/aromatic N) is 1. The molecule has 0 saturated carbocycles. The van der Waals surface area contributed by atoms with Crippen LogP contribution in [-0.2, 0) is 0 Å². The van der Waals surface area contributed by atoms with Crippen molar-refractivity contribution >= 4 is 0 Å². The van der Waals surface area contributed by atoms with Crippen molar-refractivity contribution in [3.05, 3.63) is 0 Å². The van der Waals surface area contributed by atoms with Gasteiger partial charge in [0.15, 0.2) is 0 Å². The summed E-state index contributed by atoms with van der Waals surface area (Å²) in [4.78, 5) is 2.30. The second-order valence-corrected chi connectivity index (χ2v) is 3.64. The summed E-state index contributed by atoms with van der Waals surface area (Å²) in [5.41, 5.74) is 0. The molecule has 1 nitrogen and oxygen atoms in total. The maximum Gasteiger partial charge on any atom is 0.0935 e. The Bertz CT molecular complexity index is 116. The monoisotopic (exact) mass is 159 g/mol. The topological polar surface area (TPSA) is 3.24 Å². The summed E-state index contributed by atoms with van der Waals surface area (Å²) in [5, 5.41) is 0. The van der Waals surface area contributed by atoms with E-state index in [2.05, 4.69) is 18.9 Å². The van der Waals surface area contributed by atoms with Gasteiger partial charge in [-0.25, -0.2) is 0 Å². The molecular weight excluding hydrogens is 141 g/mol. The minimum atomic E-state index is -0.134. The number of rotatable bonds is 3. The van der Waals surface area contributed by atoms with Gasteiger partial charge >= 0.3 is 0 Å². The molecule has 1 aliphatic rings. The molecule has 0 aromatic heterocycles. The van der Waals surface area contributed by atoms with E-state index < -0.39 is 0 Å². The van der Waals surface area contributed by atoms with Crippen LogP contribution in [0.25, 0.3) is 0 Å². The summed E-state index contributed by atoms with van der Waals surface area (Å²) < 4.78 is 12.3. The molecule has 1 heterocycles. The predicted octanol–water partition coefficient (Wildman–Crippen LogP) is 2.08. The fraction of sp³-hybridized carbons (Fsp3) is 1.00. The molecule has 0 aliphatic carbocycles. The molecule has 1 rings (SSSR count). The Morgan fingerprint density at radius 3 is 2.73 bits per heavy atom. The molecule has 0 spiro atoms. The van der Waals surface area contributed by atoms with E-state index in [1.165, 1.54) is 12.8 Å². The number of likely N-dealkylation sites (tertiary alicyclic amines) is 1. The summed E-state index contributed by atoms with van der Waals surface area (Å²) in [6, 6.07) is 0.653. The summed E-state index contributed by atoms with van der Waals surface area (Å²) in [7, 11) is 2.11. The highest BCUT2D eigenvalue weighted by molar-refractivity contribution is 4.82. The highest BCUT2D eigenvalue weighted by Crippen LogP contribution is 2.24. The Morgan fingerprint density at radius 1 is 1.55 bits per heavy atom. The second-order valence-electron chi connectivity index (χ2n) is 3.64. The van der Waals surface area contributed by atoms with Crippen molar-refractivity contribution in [3.8, 4) is 0 Å². The lowest BCUT2D eigenvalue weighted by Crippen LogP contribution is -2.24. The molecule has 2 heteroatoms. The summed E-state index contributed by atoms with van der Waals surface area (Å²) in [5.74, 6) is 0.316. The quantitative estimate of drug-likeness (QED) is 0.609. The fourth-order valence-electron chi connectivity index (χ4n) is 1.98. The first-order valence-electron chi connectivity index (χ1n) is 4.54. The van der Waals surface area contributed by atoms with Crippen LogP contribution in [0.1, 0.15) is 26.2 Å². The molecular formula is C9H18FN. The lowest BCUT2D eigenvalue weighted by atomic mass is 10.0. The summed E-state index contributed by atoms with van der Waals surface area (Å²) in [6.07, 6.45) is 3.52. The Kier molecular flexibility index (Phi) is 3.31.